The standard InChI is InChI=1S/C27H29N5O4/c1-27(2,32-23(33)15-14-22(31-32)18-6-4-3-5-7-18)26(36)29-17-16-28-24(34)19-10-12-21(13-11-19)30-25(35)20-8-9-20/h3-7,10-15,20H,8-9,16-17H2,1-2H3,(H,28,34)(H,29,36)(H,30,35). The van der Waals surface area contributed by atoms with Gasteiger partial charge in [0.15, 0.2) is 0 Å². The van der Waals surface area contributed by atoms with Crippen molar-refractivity contribution in [2.75, 3.05) is 18.4 Å². The van der Waals surface area contributed by atoms with Crippen LogP contribution in [0.5, 0.6) is 0 Å². The van der Waals surface area contributed by atoms with Crippen LogP contribution in [0.15, 0.2) is 71.5 Å². The molecule has 1 saturated carbocycles. The van der Waals surface area contributed by atoms with Crippen molar-refractivity contribution in [3.8, 4) is 11.3 Å². The first-order valence-electron chi connectivity index (χ1n) is 11.9. The molecule has 2 aromatic carbocycles. The van der Waals surface area contributed by atoms with Crippen LogP contribution in [-0.4, -0.2) is 40.6 Å². The van der Waals surface area contributed by atoms with E-state index in [4.69, 9.17) is 0 Å². The highest BCUT2D eigenvalue weighted by Crippen LogP contribution is 2.30. The molecular formula is C27H29N5O4. The van der Waals surface area contributed by atoms with Crippen molar-refractivity contribution in [3.63, 3.8) is 0 Å². The van der Waals surface area contributed by atoms with Gasteiger partial charge in [-0.25, -0.2) is 4.68 Å². The Morgan fingerprint density at radius 1 is 0.917 bits per heavy atom. The lowest BCUT2D eigenvalue weighted by Gasteiger charge is -2.25. The highest BCUT2D eigenvalue weighted by atomic mass is 16.2. The molecule has 3 aromatic rings. The third kappa shape index (κ3) is 5.86. The lowest BCUT2D eigenvalue weighted by molar-refractivity contribution is -0.129. The van der Waals surface area contributed by atoms with E-state index in [9.17, 15) is 19.2 Å². The van der Waals surface area contributed by atoms with Crippen molar-refractivity contribution >= 4 is 23.4 Å². The predicted octanol–water partition coefficient (Wildman–Crippen LogP) is 2.54. The molecular weight excluding hydrogens is 458 g/mol. The summed E-state index contributed by atoms with van der Waals surface area (Å²) >= 11 is 0. The zero-order valence-electron chi connectivity index (χ0n) is 20.3. The van der Waals surface area contributed by atoms with Gasteiger partial charge >= 0.3 is 0 Å². The number of benzene rings is 2. The molecule has 1 aliphatic rings. The van der Waals surface area contributed by atoms with Crippen LogP contribution in [0.25, 0.3) is 11.3 Å². The summed E-state index contributed by atoms with van der Waals surface area (Å²) in [6, 6.07) is 19.1. The normalized spacial score (nSPS) is 13.1. The number of nitrogens with one attached hydrogen (secondary N) is 3. The third-order valence-electron chi connectivity index (χ3n) is 6.01. The smallest absolute Gasteiger partial charge is 0.267 e. The Hall–Kier alpha value is -4.27. The van der Waals surface area contributed by atoms with Gasteiger partial charge in [0.25, 0.3) is 11.5 Å². The Bertz CT molecular complexity index is 1310. The second-order valence-electron chi connectivity index (χ2n) is 9.25. The largest absolute Gasteiger partial charge is 0.352 e. The summed E-state index contributed by atoms with van der Waals surface area (Å²) < 4.78 is 1.17. The minimum Gasteiger partial charge on any atom is -0.352 e. The van der Waals surface area contributed by atoms with E-state index in [1.54, 1.807) is 44.2 Å². The van der Waals surface area contributed by atoms with Gasteiger partial charge in [0.1, 0.15) is 5.54 Å². The molecule has 1 heterocycles. The number of hydrogen-bond donors (Lipinski definition) is 3. The molecule has 186 valence electrons. The van der Waals surface area contributed by atoms with E-state index in [1.165, 1.54) is 10.7 Å². The molecule has 0 aliphatic heterocycles. The van der Waals surface area contributed by atoms with Gasteiger partial charge in [0, 0.05) is 41.9 Å². The summed E-state index contributed by atoms with van der Waals surface area (Å²) in [5.41, 5.74) is 0.884. The highest BCUT2D eigenvalue weighted by molar-refractivity contribution is 5.96. The molecule has 1 aliphatic carbocycles. The van der Waals surface area contributed by atoms with Gasteiger partial charge in [-0.1, -0.05) is 30.3 Å². The minimum atomic E-state index is -1.24. The summed E-state index contributed by atoms with van der Waals surface area (Å²) in [5, 5.41) is 12.8. The van der Waals surface area contributed by atoms with Crippen molar-refractivity contribution in [1.82, 2.24) is 20.4 Å². The number of hydrogen-bond acceptors (Lipinski definition) is 5. The monoisotopic (exact) mass is 487 g/mol. The molecule has 1 fully saturated rings. The van der Waals surface area contributed by atoms with Crippen molar-refractivity contribution in [1.29, 1.82) is 0 Å². The molecule has 36 heavy (non-hydrogen) atoms. The van der Waals surface area contributed by atoms with E-state index in [2.05, 4.69) is 21.0 Å². The molecule has 1 aromatic heterocycles. The van der Waals surface area contributed by atoms with Crippen molar-refractivity contribution < 1.29 is 14.4 Å². The molecule has 0 saturated heterocycles. The number of rotatable bonds is 9. The fraction of sp³-hybridized carbons (Fsp3) is 0.296. The van der Waals surface area contributed by atoms with Crippen LogP contribution in [-0.2, 0) is 15.1 Å². The maximum absolute atomic E-state index is 12.9. The lowest BCUT2D eigenvalue weighted by Crippen LogP contribution is -2.50. The summed E-state index contributed by atoms with van der Waals surface area (Å²) in [7, 11) is 0. The van der Waals surface area contributed by atoms with Crippen LogP contribution in [0.1, 0.15) is 37.0 Å². The quantitative estimate of drug-likeness (QED) is 0.401. The summed E-state index contributed by atoms with van der Waals surface area (Å²) in [5.74, 6) is -0.574. The first-order chi connectivity index (χ1) is 17.3. The van der Waals surface area contributed by atoms with Gasteiger partial charge in [0.05, 0.1) is 5.69 Å². The maximum Gasteiger partial charge on any atom is 0.267 e. The van der Waals surface area contributed by atoms with Crippen molar-refractivity contribution in [2.45, 2.75) is 32.2 Å². The molecule has 4 rings (SSSR count). The molecule has 0 radical (unpaired) electrons. The van der Waals surface area contributed by atoms with E-state index in [0.29, 0.717) is 16.9 Å². The van der Waals surface area contributed by atoms with E-state index in [-0.39, 0.29) is 36.4 Å². The topological polar surface area (TPSA) is 122 Å². The van der Waals surface area contributed by atoms with Crippen LogP contribution in [0.4, 0.5) is 5.69 Å². The molecule has 0 spiro atoms. The zero-order valence-corrected chi connectivity index (χ0v) is 20.3. The number of aromatic nitrogens is 2. The van der Waals surface area contributed by atoms with Gasteiger partial charge < -0.3 is 16.0 Å². The minimum absolute atomic E-state index is 0.00937. The number of carbonyl (C=O) groups is 3. The molecule has 9 nitrogen and oxygen atoms in total. The Labute approximate surface area is 208 Å². The number of amides is 3. The van der Waals surface area contributed by atoms with Crippen molar-refractivity contribution in [3.05, 3.63) is 82.6 Å². The van der Waals surface area contributed by atoms with Crippen LogP contribution in [0.2, 0.25) is 0 Å². The number of nitrogens with zero attached hydrogens (tertiary/aromatic N) is 2. The molecule has 0 atom stereocenters. The van der Waals surface area contributed by atoms with Crippen LogP contribution in [0.3, 0.4) is 0 Å². The second kappa shape index (κ2) is 10.6. The molecule has 0 unspecified atom stereocenters. The third-order valence-corrected chi connectivity index (χ3v) is 6.01. The average molecular weight is 488 g/mol. The van der Waals surface area contributed by atoms with Crippen molar-refractivity contribution in [2.24, 2.45) is 5.92 Å². The van der Waals surface area contributed by atoms with E-state index >= 15 is 0 Å². The second-order valence-corrected chi connectivity index (χ2v) is 9.25. The van der Waals surface area contributed by atoms with Gasteiger partial charge in [-0.15, -0.1) is 0 Å². The number of anilines is 1. The Kier molecular flexibility index (Phi) is 7.28. The van der Waals surface area contributed by atoms with Crippen LogP contribution < -0.4 is 21.5 Å². The first-order valence-corrected chi connectivity index (χ1v) is 11.9. The Morgan fingerprint density at radius 2 is 1.58 bits per heavy atom. The summed E-state index contributed by atoms with van der Waals surface area (Å²) in [4.78, 5) is 49.6. The lowest BCUT2D eigenvalue weighted by atomic mass is 10.0. The Balaban J connectivity index is 1.29. The van der Waals surface area contributed by atoms with Gasteiger partial charge in [-0.2, -0.15) is 5.10 Å². The Morgan fingerprint density at radius 3 is 2.25 bits per heavy atom. The van der Waals surface area contributed by atoms with E-state index in [1.807, 2.05) is 30.3 Å². The maximum atomic E-state index is 12.9. The summed E-state index contributed by atoms with van der Waals surface area (Å²) in [6.07, 6.45) is 1.85. The SMILES string of the molecule is CC(C)(C(=O)NCCNC(=O)c1ccc(NC(=O)C2CC2)cc1)n1nc(-c2ccccc2)ccc1=O. The molecule has 3 N–H and O–H groups in total. The van der Waals surface area contributed by atoms with Crippen LogP contribution >= 0.6 is 0 Å². The molecule has 0 bridgehead atoms. The van der Waals surface area contributed by atoms with Gasteiger partial charge in [-0.05, 0) is 57.0 Å². The van der Waals surface area contributed by atoms with E-state index < -0.39 is 11.4 Å². The van der Waals surface area contributed by atoms with Gasteiger partial charge in [0.2, 0.25) is 11.8 Å². The van der Waals surface area contributed by atoms with E-state index in [0.717, 1.165) is 18.4 Å². The molecule has 9 heteroatoms. The average Bonchev–Trinajstić information content (AvgIpc) is 3.73. The fourth-order valence-electron chi connectivity index (χ4n) is 3.64. The van der Waals surface area contributed by atoms with Crippen LogP contribution in [0, 0.1) is 5.92 Å². The molecule has 3 amide bonds. The number of carbonyl (C=O) groups excluding carboxylic acids is 3. The first kappa shape index (κ1) is 24.8. The van der Waals surface area contributed by atoms with Gasteiger partial charge in [-0.3, -0.25) is 19.2 Å². The fourth-order valence-corrected chi connectivity index (χ4v) is 3.64. The summed E-state index contributed by atoms with van der Waals surface area (Å²) in [6.45, 7) is 3.62. The highest BCUT2D eigenvalue weighted by Gasteiger charge is 2.32. The zero-order chi connectivity index (χ0) is 25.7. The predicted molar refractivity (Wildman–Crippen MR) is 136 cm³/mol.